The molecule has 0 bridgehead atoms. The van der Waals surface area contributed by atoms with Crippen molar-refractivity contribution in [3.8, 4) is 5.75 Å². The molecule has 1 N–H and O–H groups in total. The van der Waals surface area contributed by atoms with Crippen LogP contribution >= 0.6 is 15.9 Å². The average molecular weight is 410 g/mol. The van der Waals surface area contributed by atoms with Gasteiger partial charge in [0.2, 0.25) is 10.0 Å². The van der Waals surface area contributed by atoms with Crippen LogP contribution in [-0.2, 0) is 10.0 Å². The van der Waals surface area contributed by atoms with E-state index in [2.05, 4.69) is 20.7 Å². The molecule has 2 aromatic rings. The molecule has 0 aliphatic heterocycles. The molecular weight excluding hydrogens is 390 g/mol. The third kappa shape index (κ3) is 3.99. The van der Waals surface area contributed by atoms with Crippen LogP contribution in [0.25, 0.3) is 0 Å². The Hall–Kier alpha value is -1.37. The first-order chi connectivity index (χ1) is 11.5. The normalized spacial score (nSPS) is 15.9. The highest BCUT2D eigenvalue weighted by Crippen LogP contribution is 2.42. The molecule has 4 nitrogen and oxygen atoms in total. The lowest BCUT2D eigenvalue weighted by atomic mass is 10.0. The molecule has 24 heavy (non-hydrogen) atoms. The van der Waals surface area contributed by atoms with Crippen molar-refractivity contribution < 1.29 is 13.2 Å². The minimum atomic E-state index is -3.69. The summed E-state index contributed by atoms with van der Waals surface area (Å²) in [5.41, 5.74) is 0.997. The topological polar surface area (TPSA) is 55.4 Å². The molecule has 3 rings (SSSR count). The molecule has 2 aromatic carbocycles. The summed E-state index contributed by atoms with van der Waals surface area (Å²) in [6.45, 7) is 2.25. The largest absolute Gasteiger partial charge is 0.492 e. The fraction of sp³-hybridized carbons (Fsp3) is 0.333. The van der Waals surface area contributed by atoms with Gasteiger partial charge in [0, 0.05) is 10.5 Å². The van der Waals surface area contributed by atoms with Crippen LogP contribution in [0.4, 0.5) is 0 Å². The lowest BCUT2D eigenvalue weighted by molar-refractivity contribution is 0.330. The van der Waals surface area contributed by atoms with Crippen molar-refractivity contribution in [2.75, 3.05) is 6.61 Å². The highest BCUT2D eigenvalue weighted by molar-refractivity contribution is 9.10. The first-order valence-electron chi connectivity index (χ1n) is 8.01. The molecule has 1 fully saturated rings. The maximum absolute atomic E-state index is 13.0. The van der Waals surface area contributed by atoms with Crippen LogP contribution in [0.5, 0.6) is 5.75 Å². The maximum Gasteiger partial charge on any atom is 0.244 e. The number of rotatable bonds is 7. The van der Waals surface area contributed by atoms with Gasteiger partial charge in [0.05, 0.1) is 6.61 Å². The van der Waals surface area contributed by atoms with Crippen LogP contribution in [0, 0.1) is 5.92 Å². The summed E-state index contributed by atoms with van der Waals surface area (Å²) in [6, 6.07) is 14.6. The van der Waals surface area contributed by atoms with Crippen molar-refractivity contribution in [3.05, 3.63) is 58.6 Å². The lowest BCUT2D eigenvalue weighted by Crippen LogP contribution is -2.30. The molecule has 6 heteroatoms. The number of sulfonamides is 1. The SMILES string of the molecule is CCOc1ccc(Br)cc1S(=O)(=O)NC(c1ccccc1)C1CC1. The van der Waals surface area contributed by atoms with E-state index in [-0.39, 0.29) is 10.9 Å². The average Bonchev–Trinajstić information content (AvgIpc) is 3.40. The number of hydrogen-bond acceptors (Lipinski definition) is 3. The van der Waals surface area contributed by atoms with Crippen LogP contribution in [0.2, 0.25) is 0 Å². The number of halogens is 1. The van der Waals surface area contributed by atoms with Crippen LogP contribution < -0.4 is 9.46 Å². The quantitative estimate of drug-likeness (QED) is 0.742. The molecule has 0 radical (unpaired) electrons. The zero-order valence-corrected chi connectivity index (χ0v) is 15.8. The van der Waals surface area contributed by atoms with Crippen LogP contribution in [0.1, 0.15) is 31.4 Å². The second kappa shape index (κ2) is 7.25. The van der Waals surface area contributed by atoms with Gasteiger partial charge < -0.3 is 4.74 Å². The first kappa shape index (κ1) is 17.5. The standard InChI is InChI=1S/C18H20BrNO3S/c1-2-23-16-11-10-15(19)12-17(16)24(21,22)20-18(14-8-9-14)13-6-4-3-5-7-13/h3-7,10-12,14,18,20H,2,8-9H2,1H3. The van der Waals surface area contributed by atoms with E-state index in [0.717, 1.165) is 18.4 Å². The van der Waals surface area contributed by atoms with Crippen LogP contribution in [0.3, 0.4) is 0 Å². The van der Waals surface area contributed by atoms with Gasteiger partial charge in [-0.3, -0.25) is 0 Å². The molecule has 1 aliphatic carbocycles. The molecule has 0 heterocycles. The van der Waals surface area contributed by atoms with E-state index in [1.807, 2.05) is 37.3 Å². The van der Waals surface area contributed by atoms with Gasteiger partial charge in [-0.25, -0.2) is 13.1 Å². The predicted octanol–water partition coefficient (Wildman–Crippen LogP) is 4.28. The van der Waals surface area contributed by atoms with E-state index >= 15 is 0 Å². The predicted molar refractivity (Wildman–Crippen MR) is 97.5 cm³/mol. The molecule has 0 spiro atoms. The lowest BCUT2D eigenvalue weighted by Gasteiger charge is -2.20. The van der Waals surface area contributed by atoms with Gasteiger partial charge in [-0.15, -0.1) is 0 Å². The molecule has 128 valence electrons. The Morgan fingerprint density at radius 3 is 2.54 bits per heavy atom. The Bertz CT molecular complexity index is 804. The number of nitrogens with one attached hydrogen (secondary N) is 1. The van der Waals surface area contributed by atoms with Crippen LogP contribution in [-0.4, -0.2) is 15.0 Å². The molecule has 0 aromatic heterocycles. The van der Waals surface area contributed by atoms with Gasteiger partial charge in [0.15, 0.2) is 0 Å². The zero-order valence-electron chi connectivity index (χ0n) is 13.4. The summed E-state index contributed by atoms with van der Waals surface area (Å²) in [5, 5.41) is 0. The fourth-order valence-corrected chi connectivity index (χ4v) is 4.70. The van der Waals surface area contributed by atoms with Crippen molar-refractivity contribution in [1.82, 2.24) is 4.72 Å². The van der Waals surface area contributed by atoms with Crippen LogP contribution in [0.15, 0.2) is 57.9 Å². The number of hydrogen-bond donors (Lipinski definition) is 1. The molecular formula is C18H20BrNO3S. The summed E-state index contributed by atoms with van der Waals surface area (Å²) in [7, 11) is -3.69. The molecule has 1 atom stereocenters. The van der Waals surface area contributed by atoms with Crippen molar-refractivity contribution in [2.24, 2.45) is 5.92 Å². The van der Waals surface area contributed by atoms with E-state index in [9.17, 15) is 8.42 Å². The number of ether oxygens (including phenoxy) is 1. The minimum Gasteiger partial charge on any atom is -0.492 e. The van der Waals surface area contributed by atoms with E-state index < -0.39 is 10.0 Å². The first-order valence-corrected chi connectivity index (χ1v) is 10.3. The van der Waals surface area contributed by atoms with E-state index in [0.29, 0.717) is 22.7 Å². The van der Waals surface area contributed by atoms with Crippen molar-refractivity contribution >= 4 is 26.0 Å². The van der Waals surface area contributed by atoms with Gasteiger partial charge in [0.1, 0.15) is 10.6 Å². The van der Waals surface area contributed by atoms with Crippen molar-refractivity contribution in [2.45, 2.75) is 30.7 Å². The number of benzene rings is 2. The monoisotopic (exact) mass is 409 g/mol. The fourth-order valence-electron chi connectivity index (χ4n) is 2.72. The van der Waals surface area contributed by atoms with Gasteiger partial charge in [-0.1, -0.05) is 46.3 Å². The summed E-state index contributed by atoms with van der Waals surface area (Å²) >= 11 is 3.34. The third-order valence-corrected chi connectivity index (χ3v) is 5.98. The van der Waals surface area contributed by atoms with E-state index in [1.54, 1.807) is 18.2 Å². The smallest absolute Gasteiger partial charge is 0.244 e. The van der Waals surface area contributed by atoms with E-state index in [1.165, 1.54) is 0 Å². The summed E-state index contributed by atoms with van der Waals surface area (Å²) < 4.78 is 35.1. The minimum absolute atomic E-state index is 0.167. The third-order valence-electron chi connectivity index (χ3n) is 4.03. The Kier molecular flexibility index (Phi) is 5.27. The van der Waals surface area contributed by atoms with Gasteiger partial charge >= 0.3 is 0 Å². The molecule has 0 saturated heterocycles. The Labute approximate surface area is 151 Å². The van der Waals surface area contributed by atoms with Gasteiger partial charge in [-0.2, -0.15) is 0 Å². The summed E-state index contributed by atoms with van der Waals surface area (Å²) in [5.74, 6) is 0.723. The Balaban J connectivity index is 1.94. The van der Waals surface area contributed by atoms with E-state index in [4.69, 9.17) is 4.74 Å². The van der Waals surface area contributed by atoms with Gasteiger partial charge in [0.25, 0.3) is 0 Å². The molecule has 0 amide bonds. The molecule has 1 unspecified atom stereocenters. The Morgan fingerprint density at radius 1 is 1.21 bits per heavy atom. The molecule has 1 saturated carbocycles. The second-order valence-electron chi connectivity index (χ2n) is 5.87. The zero-order chi connectivity index (χ0) is 17.2. The Morgan fingerprint density at radius 2 is 1.92 bits per heavy atom. The summed E-state index contributed by atoms with van der Waals surface area (Å²) in [6.07, 6.45) is 2.08. The highest BCUT2D eigenvalue weighted by atomic mass is 79.9. The van der Waals surface area contributed by atoms with Crippen molar-refractivity contribution in [1.29, 1.82) is 0 Å². The highest BCUT2D eigenvalue weighted by Gasteiger charge is 2.36. The second-order valence-corrected chi connectivity index (χ2v) is 8.47. The van der Waals surface area contributed by atoms with Crippen molar-refractivity contribution in [3.63, 3.8) is 0 Å². The summed E-state index contributed by atoms with van der Waals surface area (Å²) in [4.78, 5) is 0.167. The van der Waals surface area contributed by atoms with Gasteiger partial charge in [-0.05, 0) is 49.4 Å². The molecule has 1 aliphatic rings. The maximum atomic E-state index is 13.0.